The number of hydrogen-bond donors (Lipinski definition) is 1. The van der Waals surface area contributed by atoms with Crippen molar-refractivity contribution in [2.24, 2.45) is 23.5 Å². The van der Waals surface area contributed by atoms with E-state index in [1.165, 1.54) is 51.4 Å². The van der Waals surface area contributed by atoms with Gasteiger partial charge in [0.05, 0.1) is 0 Å². The Labute approximate surface area is 113 Å². The predicted molar refractivity (Wildman–Crippen MR) is 79.4 cm³/mol. The van der Waals surface area contributed by atoms with E-state index < -0.39 is 0 Å². The monoisotopic (exact) mass is 249 g/mol. The Morgan fingerprint density at radius 2 is 1.72 bits per heavy atom. The van der Waals surface area contributed by atoms with Gasteiger partial charge in [-0.25, -0.2) is 0 Å². The molecule has 0 radical (unpaired) electrons. The second-order valence-electron chi connectivity index (χ2n) is 6.88. The lowest BCUT2D eigenvalue weighted by Crippen LogP contribution is -2.21. The minimum atomic E-state index is 0.473. The van der Waals surface area contributed by atoms with Crippen LogP contribution >= 0.6 is 0 Å². The fraction of sp³-hybridized carbons (Fsp3) is 0.882. The molecule has 1 heteroatoms. The Balaban J connectivity index is 2.06. The minimum absolute atomic E-state index is 0.473. The SMILES string of the molecule is CC(C)C(=C1CCC1)C(C)C1CCCC(N)CC1. The van der Waals surface area contributed by atoms with Gasteiger partial charge < -0.3 is 5.73 Å². The highest BCUT2D eigenvalue weighted by atomic mass is 14.6. The van der Waals surface area contributed by atoms with Crippen LogP contribution in [0.25, 0.3) is 0 Å². The van der Waals surface area contributed by atoms with Crippen LogP contribution in [-0.2, 0) is 0 Å². The van der Waals surface area contributed by atoms with Crippen molar-refractivity contribution >= 4 is 0 Å². The first-order chi connectivity index (χ1) is 8.59. The summed E-state index contributed by atoms with van der Waals surface area (Å²) in [6.45, 7) is 7.27. The molecular formula is C17H31N. The molecule has 2 fully saturated rings. The summed E-state index contributed by atoms with van der Waals surface area (Å²) in [6.07, 6.45) is 10.8. The van der Waals surface area contributed by atoms with Crippen molar-refractivity contribution in [2.45, 2.75) is 78.2 Å². The molecule has 0 aromatic rings. The van der Waals surface area contributed by atoms with Crippen LogP contribution in [0.2, 0.25) is 0 Å². The van der Waals surface area contributed by atoms with Gasteiger partial charge in [0.15, 0.2) is 0 Å². The Kier molecular flexibility index (Phi) is 4.89. The molecule has 0 aromatic carbocycles. The molecule has 2 rings (SSSR count). The molecule has 2 aliphatic carbocycles. The maximum absolute atomic E-state index is 6.12. The molecule has 104 valence electrons. The summed E-state index contributed by atoms with van der Waals surface area (Å²) >= 11 is 0. The Hall–Kier alpha value is -0.300. The van der Waals surface area contributed by atoms with Crippen molar-refractivity contribution in [2.75, 3.05) is 0 Å². The van der Waals surface area contributed by atoms with Crippen LogP contribution in [0.5, 0.6) is 0 Å². The number of nitrogens with two attached hydrogens (primary N) is 1. The molecule has 1 nitrogen and oxygen atoms in total. The van der Waals surface area contributed by atoms with Crippen molar-refractivity contribution in [3.05, 3.63) is 11.1 Å². The van der Waals surface area contributed by atoms with Crippen molar-refractivity contribution < 1.29 is 0 Å². The van der Waals surface area contributed by atoms with Gasteiger partial charge in [-0.1, -0.05) is 38.3 Å². The molecule has 0 aromatic heterocycles. The van der Waals surface area contributed by atoms with E-state index >= 15 is 0 Å². The summed E-state index contributed by atoms with van der Waals surface area (Å²) in [6, 6.07) is 0.473. The molecule has 0 spiro atoms. The van der Waals surface area contributed by atoms with Crippen LogP contribution in [0.4, 0.5) is 0 Å². The van der Waals surface area contributed by atoms with E-state index in [4.69, 9.17) is 5.73 Å². The second kappa shape index (κ2) is 6.23. The fourth-order valence-electron chi connectivity index (χ4n) is 4.01. The van der Waals surface area contributed by atoms with E-state index in [2.05, 4.69) is 20.8 Å². The summed E-state index contributed by atoms with van der Waals surface area (Å²) in [5.41, 5.74) is 9.72. The van der Waals surface area contributed by atoms with Crippen LogP contribution in [-0.4, -0.2) is 6.04 Å². The zero-order valence-corrected chi connectivity index (χ0v) is 12.5. The van der Waals surface area contributed by atoms with E-state index in [-0.39, 0.29) is 0 Å². The number of hydrogen-bond acceptors (Lipinski definition) is 1. The van der Waals surface area contributed by atoms with E-state index in [0.717, 1.165) is 17.8 Å². The summed E-state index contributed by atoms with van der Waals surface area (Å²) < 4.78 is 0. The Morgan fingerprint density at radius 3 is 2.28 bits per heavy atom. The smallest absolute Gasteiger partial charge is 0.00389 e. The Bertz CT molecular complexity index is 297. The molecule has 3 unspecified atom stereocenters. The molecule has 0 saturated heterocycles. The van der Waals surface area contributed by atoms with Gasteiger partial charge in [0.2, 0.25) is 0 Å². The maximum atomic E-state index is 6.12. The van der Waals surface area contributed by atoms with Gasteiger partial charge in [-0.05, 0) is 62.7 Å². The van der Waals surface area contributed by atoms with Crippen LogP contribution < -0.4 is 5.73 Å². The molecule has 0 heterocycles. The highest BCUT2D eigenvalue weighted by molar-refractivity contribution is 5.23. The molecule has 3 atom stereocenters. The largest absolute Gasteiger partial charge is 0.328 e. The minimum Gasteiger partial charge on any atom is -0.328 e. The van der Waals surface area contributed by atoms with E-state index in [1.807, 2.05) is 5.57 Å². The molecular weight excluding hydrogens is 218 g/mol. The molecule has 0 amide bonds. The second-order valence-corrected chi connectivity index (χ2v) is 6.88. The third kappa shape index (κ3) is 3.17. The third-order valence-electron chi connectivity index (χ3n) is 5.24. The summed E-state index contributed by atoms with van der Waals surface area (Å²) in [4.78, 5) is 0. The molecule has 2 saturated carbocycles. The molecule has 0 bridgehead atoms. The summed E-state index contributed by atoms with van der Waals surface area (Å²) in [7, 11) is 0. The standard InChI is InChI=1S/C17H31N/c1-12(2)17(15-7-4-8-15)13(3)14-6-5-9-16(18)11-10-14/h12-14,16H,4-11,18H2,1-3H3. The van der Waals surface area contributed by atoms with Gasteiger partial charge in [-0.2, -0.15) is 0 Å². The Morgan fingerprint density at radius 1 is 1.00 bits per heavy atom. The zero-order chi connectivity index (χ0) is 13.1. The van der Waals surface area contributed by atoms with Crippen molar-refractivity contribution in [1.82, 2.24) is 0 Å². The van der Waals surface area contributed by atoms with Crippen molar-refractivity contribution in [3.63, 3.8) is 0 Å². The van der Waals surface area contributed by atoms with Crippen LogP contribution in [0.15, 0.2) is 11.1 Å². The van der Waals surface area contributed by atoms with E-state index in [9.17, 15) is 0 Å². The van der Waals surface area contributed by atoms with Crippen LogP contribution in [0.3, 0.4) is 0 Å². The maximum Gasteiger partial charge on any atom is 0.00389 e. The first-order valence-corrected chi connectivity index (χ1v) is 8.07. The van der Waals surface area contributed by atoms with Crippen LogP contribution in [0, 0.1) is 17.8 Å². The van der Waals surface area contributed by atoms with Crippen LogP contribution in [0.1, 0.15) is 72.1 Å². The fourth-order valence-corrected chi connectivity index (χ4v) is 4.01. The average molecular weight is 249 g/mol. The molecule has 0 aliphatic heterocycles. The topological polar surface area (TPSA) is 26.0 Å². The van der Waals surface area contributed by atoms with Gasteiger partial charge in [0.1, 0.15) is 0 Å². The van der Waals surface area contributed by atoms with Gasteiger partial charge in [0, 0.05) is 6.04 Å². The molecule has 2 aliphatic rings. The first kappa shape index (κ1) is 14.1. The van der Waals surface area contributed by atoms with Crippen molar-refractivity contribution in [3.8, 4) is 0 Å². The van der Waals surface area contributed by atoms with Gasteiger partial charge >= 0.3 is 0 Å². The highest BCUT2D eigenvalue weighted by Crippen LogP contribution is 2.41. The first-order valence-electron chi connectivity index (χ1n) is 8.07. The highest BCUT2D eigenvalue weighted by Gasteiger charge is 2.28. The van der Waals surface area contributed by atoms with Gasteiger partial charge in [-0.3, -0.25) is 0 Å². The number of allylic oxidation sites excluding steroid dienone is 2. The zero-order valence-electron chi connectivity index (χ0n) is 12.5. The number of rotatable bonds is 3. The van der Waals surface area contributed by atoms with E-state index in [1.54, 1.807) is 5.57 Å². The van der Waals surface area contributed by atoms with Gasteiger partial charge in [0.25, 0.3) is 0 Å². The lowest BCUT2D eigenvalue weighted by atomic mass is 9.72. The lowest BCUT2D eigenvalue weighted by molar-refractivity contribution is 0.332. The average Bonchev–Trinajstić information content (AvgIpc) is 2.47. The normalized spacial score (nSPS) is 30.8. The van der Waals surface area contributed by atoms with E-state index in [0.29, 0.717) is 6.04 Å². The molecule has 18 heavy (non-hydrogen) atoms. The third-order valence-corrected chi connectivity index (χ3v) is 5.24. The predicted octanol–water partition coefficient (Wildman–Crippen LogP) is 4.67. The quantitative estimate of drug-likeness (QED) is 0.571. The lowest BCUT2D eigenvalue weighted by Gasteiger charge is -2.33. The van der Waals surface area contributed by atoms with Crippen molar-refractivity contribution in [1.29, 1.82) is 0 Å². The summed E-state index contributed by atoms with van der Waals surface area (Å²) in [5.74, 6) is 2.43. The molecule has 2 N–H and O–H groups in total. The van der Waals surface area contributed by atoms with Gasteiger partial charge in [-0.15, -0.1) is 0 Å². The summed E-state index contributed by atoms with van der Waals surface area (Å²) in [5, 5.41) is 0.